The Morgan fingerprint density at radius 2 is 1.56 bits per heavy atom. The minimum Gasteiger partial charge on any atom is -0.107 e. The summed E-state index contributed by atoms with van der Waals surface area (Å²) in [5.41, 5.74) is 1.89. The van der Waals surface area contributed by atoms with E-state index in [0.717, 1.165) is 11.3 Å². The Bertz CT molecular complexity index is 313. The molecular weight excluding hydrogens is 326 g/mol. The van der Waals surface area contributed by atoms with Gasteiger partial charge in [-0.3, -0.25) is 0 Å². The van der Waals surface area contributed by atoms with Gasteiger partial charge in [-0.2, -0.15) is 0 Å². The highest BCUT2D eigenvalue weighted by Crippen LogP contribution is 2.71. The SMILES string of the molecule is CC[P+]1(c2ccccc2)C(C)CCC1C.I. The van der Waals surface area contributed by atoms with Crippen LogP contribution in [0.15, 0.2) is 30.3 Å². The zero-order valence-corrected chi connectivity index (χ0v) is 13.7. The van der Waals surface area contributed by atoms with Gasteiger partial charge in [-0.25, -0.2) is 0 Å². The Labute approximate surface area is 118 Å². The molecule has 0 radical (unpaired) electrons. The molecule has 0 nitrogen and oxygen atoms in total. The molecule has 1 fully saturated rings. The normalized spacial score (nSPS) is 33.4. The predicted octanol–water partition coefficient (Wildman–Crippen LogP) is 4.54. The van der Waals surface area contributed by atoms with Crippen molar-refractivity contribution in [2.75, 3.05) is 6.16 Å². The highest BCUT2D eigenvalue weighted by molar-refractivity contribution is 14.0. The van der Waals surface area contributed by atoms with Gasteiger partial charge in [0.1, 0.15) is 0 Å². The second-order valence-corrected chi connectivity index (χ2v) is 9.63. The van der Waals surface area contributed by atoms with Gasteiger partial charge < -0.3 is 0 Å². The van der Waals surface area contributed by atoms with E-state index >= 15 is 0 Å². The van der Waals surface area contributed by atoms with Gasteiger partial charge in [0.05, 0.1) is 30.0 Å². The summed E-state index contributed by atoms with van der Waals surface area (Å²) >= 11 is 0. The minimum atomic E-state index is -0.862. The van der Waals surface area contributed by atoms with Crippen molar-refractivity contribution in [1.82, 2.24) is 0 Å². The summed E-state index contributed by atoms with van der Waals surface area (Å²) in [6.07, 6.45) is 4.27. The van der Waals surface area contributed by atoms with Crippen LogP contribution in [0.4, 0.5) is 0 Å². The molecule has 2 rings (SSSR count). The first-order valence-electron chi connectivity index (χ1n) is 6.15. The number of halogens is 1. The summed E-state index contributed by atoms with van der Waals surface area (Å²) < 4.78 is 0. The van der Waals surface area contributed by atoms with Crippen molar-refractivity contribution >= 4 is 36.5 Å². The molecule has 1 heterocycles. The van der Waals surface area contributed by atoms with Crippen LogP contribution in [-0.2, 0) is 0 Å². The van der Waals surface area contributed by atoms with Gasteiger partial charge in [0.2, 0.25) is 0 Å². The Balaban J connectivity index is 0.00000128. The summed E-state index contributed by atoms with van der Waals surface area (Å²) in [7, 11) is -0.862. The largest absolute Gasteiger partial charge is 0.107 e. The van der Waals surface area contributed by atoms with Crippen LogP contribution in [0.2, 0.25) is 0 Å². The summed E-state index contributed by atoms with van der Waals surface area (Å²) in [6, 6.07) is 11.3. The fraction of sp³-hybridized carbons (Fsp3) is 0.571. The highest BCUT2D eigenvalue weighted by Gasteiger charge is 2.52. The average Bonchev–Trinajstić information content (AvgIpc) is 2.57. The molecule has 0 spiro atoms. The molecule has 2 unspecified atom stereocenters. The second-order valence-electron chi connectivity index (χ2n) is 4.86. The van der Waals surface area contributed by atoms with Crippen LogP contribution in [0.5, 0.6) is 0 Å². The lowest BCUT2D eigenvalue weighted by molar-refractivity contribution is 0.777. The molecule has 1 aliphatic rings. The first-order chi connectivity index (χ1) is 7.21. The fourth-order valence-corrected chi connectivity index (χ4v) is 8.84. The van der Waals surface area contributed by atoms with Crippen molar-refractivity contribution in [2.45, 2.75) is 44.9 Å². The van der Waals surface area contributed by atoms with Crippen LogP contribution >= 0.6 is 31.2 Å². The van der Waals surface area contributed by atoms with E-state index in [1.807, 2.05) is 0 Å². The van der Waals surface area contributed by atoms with Crippen LogP contribution < -0.4 is 5.30 Å². The van der Waals surface area contributed by atoms with Crippen LogP contribution in [0.25, 0.3) is 0 Å². The average molecular weight is 349 g/mol. The van der Waals surface area contributed by atoms with Crippen molar-refractivity contribution in [3.8, 4) is 0 Å². The highest BCUT2D eigenvalue weighted by atomic mass is 127. The Hall–Kier alpha value is 0.380. The molecular formula is C14H23IP+. The molecule has 1 aromatic rings. The Morgan fingerprint density at radius 1 is 1.06 bits per heavy atom. The Morgan fingerprint density at radius 3 is 2.00 bits per heavy atom. The lowest BCUT2D eigenvalue weighted by Gasteiger charge is -2.30. The van der Waals surface area contributed by atoms with Crippen molar-refractivity contribution in [2.24, 2.45) is 0 Å². The van der Waals surface area contributed by atoms with Crippen LogP contribution in [0.1, 0.15) is 33.6 Å². The zero-order chi connectivity index (χ0) is 10.9. The van der Waals surface area contributed by atoms with E-state index in [1.165, 1.54) is 19.0 Å². The van der Waals surface area contributed by atoms with Gasteiger partial charge in [-0.1, -0.05) is 18.2 Å². The number of hydrogen-bond donors (Lipinski definition) is 0. The Kier molecular flexibility index (Phi) is 5.25. The maximum atomic E-state index is 2.48. The molecule has 1 aromatic carbocycles. The van der Waals surface area contributed by atoms with E-state index in [1.54, 1.807) is 5.30 Å². The van der Waals surface area contributed by atoms with E-state index in [2.05, 4.69) is 51.1 Å². The van der Waals surface area contributed by atoms with Crippen LogP contribution in [0, 0.1) is 0 Å². The molecule has 1 aliphatic heterocycles. The van der Waals surface area contributed by atoms with Crippen LogP contribution in [-0.4, -0.2) is 17.5 Å². The van der Waals surface area contributed by atoms with E-state index < -0.39 is 7.26 Å². The first kappa shape index (κ1) is 14.4. The molecule has 0 aromatic heterocycles. The summed E-state index contributed by atoms with van der Waals surface area (Å²) in [5, 5.41) is 1.67. The smallest absolute Gasteiger partial charge is 0.0944 e. The monoisotopic (exact) mass is 349 g/mol. The fourth-order valence-electron chi connectivity index (χ4n) is 3.40. The molecule has 90 valence electrons. The summed E-state index contributed by atoms with van der Waals surface area (Å²) in [6.45, 7) is 7.36. The third-order valence-electron chi connectivity index (χ3n) is 4.34. The summed E-state index contributed by atoms with van der Waals surface area (Å²) in [5.74, 6) is 0. The maximum absolute atomic E-state index is 2.48. The first-order valence-corrected chi connectivity index (χ1v) is 8.26. The molecule has 16 heavy (non-hydrogen) atoms. The van der Waals surface area contributed by atoms with Crippen molar-refractivity contribution in [3.05, 3.63) is 30.3 Å². The molecule has 0 N–H and O–H groups in total. The number of benzene rings is 1. The second kappa shape index (κ2) is 5.82. The van der Waals surface area contributed by atoms with Crippen molar-refractivity contribution < 1.29 is 0 Å². The molecule has 0 amide bonds. The third kappa shape index (κ3) is 2.18. The van der Waals surface area contributed by atoms with Gasteiger partial charge in [-0.15, -0.1) is 24.0 Å². The van der Waals surface area contributed by atoms with Gasteiger partial charge in [0, 0.05) is 0 Å². The van der Waals surface area contributed by atoms with Crippen molar-refractivity contribution in [3.63, 3.8) is 0 Å². The van der Waals surface area contributed by atoms with E-state index in [-0.39, 0.29) is 24.0 Å². The minimum absolute atomic E-state index is 0. The van der Waals surface area contributed by atoms with E-state index in [0.29, 0.717) is 0 Å². The summed E-state index contributed by atoms with van der Waals surface area (Å²) in [4.78, 5) is 0. The molecule has 0 saturated carbocycles. The van der Waals surface area contributed by atoms with Gasteiger partial charge in [0.15, 0.2) is 0 Å². The number of hydrogen-bond acceptors (Lipinski definition) is 0. The third-order valence-corrected chi connectivity index (χ3v) is 10.3. The van der Waals surface area contributed by atoms with E-state index in [4.69, 9.17) is 0 Å². The quantitative estimate of drug-likeness (QED) is 0.543. The molecule has 2 atom stereocenters. The molecule has 1 saturated heterocycles. The molecule has 2 heteroatoms. The van der Waals surface area contributed by atoms with E-state index in [9.17, 15) is 0 Å². The number of rotatable bonds is 2. The standard InChI is InChI=1S/C14H22P.HI/c1-4-15(12(2)10-11-13(15)3)14-8-6-5-7-9-14;/h5-9,12-13H,4,10-11H2,1-3H3;1H/q+1;. The zero-order valence-electron chi connectivity index (χ0n) is 10.5. The maximum Gasteiger partial charge on any atom is 0.0944 e. The molecule has 0 aliphatic carbocycles. The van der Waals surface area contributed by atoms with Gasteiger partial charge >= 0.3 is 0 Å². The molecule has 0 bridgehead atoms. The van der Waals surface area contributed by atoms with Gasteiger partial charge in [0.25, 0.3) is 0 Å². The lowest BCUT2D eigenvalue weighted by Crippen LogP contribution is -2.24. The van der Waals surface area contributed by atoms with Crippen molar-refractivity contribution in [1.29, 1.82) is 0 Å². The lowest BCUT2D eigenvalue weighted by atomic mass is 10.2. The van der Waals surface area contributed by atoms with Crippen LogP contribution in [0.3, 0.4) is 0 Å². The predicted molar refractivity (Wildman–Crippen MR) is 87.1 cm³/mol. The van der Waals surface area contributed by atoms with Gasteiger partial charge in [-0.05, 0) is 45.7 Å². The topological polar surface area (TPSA) is 0 Å².